The molecule has 0 bridgehead atoms. The maximum Gasteiger partial charge on any atom is 0.306 e. The Hall–Kier alpha value is -4.19. The zero-order valence-corrected chi connectivity index (χ0v) is 46.7. The third-order valence-corrected chi connectivity index (χ3v) is 12.2. The molecule has 72 heavy (non-hydrogen) atoms. The molecule has 0 saturated carbocycles. The molecule has 1 unspecified atom stereocenters. The van der Waals surface area contributed by atoms with Gasteiger partial charge in [-0.2, -0.15) is 0 Å². The Morgan fingerprint density at radius 2 is 0.569 bits per heavy atom. The van der Waals surface area contributed by atoms with Crippen LogP contribution in [0, 0.1) is 0 Å². The van der Waals surface area contributed by atoms with Crippen LogP contribution in [0.4, 0.5) is 0 Å². The molecule has 0 N–H and O–H groups in total. The summed E-state index contributed by atoms with van der Waals surface area (Å²) < 4.78 is 16.8. The standard InChI is InChI=1S/C66H108O6/c1-4-7-10-13-16-19-22-25-28-31-33-36-38-41-44-47-50-53-56-59-65(68)71-62-63(61-70-64(67)58-55-52-49-46-43-40-37-34-30-27-24-21-18-15-12-9-6-3)72-66(69)60-57-54-51-48-45-42-39-35-32-29-26-23-20-17-14-11-8-5-2/h7,9-10,12,16,18-19,21,25,27-30,32-33,36,41,44,50,53,63H,4-6,8,11,13-15,17,20,22-24,26,31,34-35,37-40,42-43,45-49,51-52,54-62H2,1-3H3/b10-7-,12-9-,19-16-,21-18-,28-25-,30-27-,32-29-,36-33-,44-41-,53-50-. The van der Waals surface area contributed by atoms with E-state index in [4.69, 9.17) is 14.2 Å². The number of rotatable bonds is 52. The molecule has 0 aliphatic rings. The fraction of sp³-hybridized carbons (Fsp3) is 0.652. The highest BCUT2D eigenvalue weighted by molar-refractivity contribution is 5.71. The quantitative estimate of drug-likeness (QED) is 0.0261. The zero-order chi connectivity index (χ0) is 52.2. The predicted molar refractivity (Wildman–Crippen MR) is 311 cm³/mol. The summed E-state index contributed by atoms with van der Waals surface area (Å²) in [7, 11) is 0. The SMILES string of the molecule is CC/C=C\C/C=C\C/C=C\C/C=C\C/C=C\C/C=C\CCC(=O)OCC(COC(=O)CCCCCCCCC/C=C\C/C=C\C/C=C\CC)OC(=O)CCCCCCCCC/C=C\CCCCCCCCC. The van der Waals surface area contributed by atoms with E-state index in [1.54, 1.807) is 0 Å². The number of carbonyl (C=O) groups is 3. The van der Waals surface area contributed by atoms with Crippen molar-refractivity contribution in [2.45, 2.75) is 264 Å². The van der Waals surface area contributed by atoms with Gasteiger partial charge in [-0.05, 0) is 116 Å². The molecule has 0 aromatic carbocycles. The van der Waals surface area contributed by atoms with Crippen LogP contribution >= 0.6 is 0 Å². The number of allylic oxidation sites excluding steroid dienone is 20. The molecule has 0 amide bonds. The number of carbonyl (C=O) groups excluding carboxylic acids is 3. The summed E-state index contributed by atoms with van der Waals surface area (Å²) in [5, 5.41) is 0. The summed E-state index contributed by atoms with van der Waals surface area (Å²) in [6, 6.07) is 0. The van der Waals surface area contributed by atoms with E-state index in [9.17, 15) is 14.4 Å². The number of hydrogen-bond acceptors (Lipinski definition) is 6. The lowest BCUT2D eigenvalue weighted by Crippen LogP contribution is -2.30. The Morgan fingerprint density at radius 1 is 0.292 bits per heavy atom. The number of hydrogen-bond donors (Lipinski definition) is 0. The normalized spacial score (nSPS) is 13.0. The lowest BCUT2D eigenvalue weighted by Gasteiger charge is -2.18. The van der Waals surface area contributed by atoms with Crippen molar-refractivity contribution in [1.29, 1.82) is 0 Å². The summed E-state index contributed by atoms with van der Waals surface area (Å²) in [5.41, 5.74) is 0. The third kappa shape index (κ3) is 56.7. The average Bonchev–Trinajstić information content (AvgIpc) is 3.38. The second kappa shape index (κ2) is 59.4. The third-order valence-electron chi connectivity index (χ3n) is 12.2. The van der Waals surface area contributed by atoms with Crippen LogP contribution in [0.1, 0.15) is 258 Å². The Balaban J connectivity index is 4.53. The molecular weight excluding hydrogens is 889 g/mol. The predicted octanol–water partition coefficient (Wildman–Crippen LogP) is 20.0. The first kappa shape index (κ1) is 67.8. The lowest BCUT2D eigenvalue weighted by atomic mass is 10.1. The van der Waals surface area contributed by atoms with Gasteiger partial charge in [-0.15, -0.1) is 0 Å². The summed E-state index contributed by atoms with van der Waals surface area (Å²) in [4.78, 5) is 38.2. The first-order valence-electron chi connectivity index (χ1n) is 29.5. The summed E-state index contributed by atoms with van der Waals surface area (Å²) in [6.45, 7) is 6.34. The van der Waals surface area contributed by atoms with Gasteiger partial charge < -0.3 is 14.2 Å². The van der Waals surface area contributed by atoms with Crippen molar-refractivity contribution in [3.8, 4) is 0 Å². The van der Waals surface area contributed by atoms with Crippen LogP contribution in [-0.2, 0) is 28.6 Å². The summed E-state index contributed by atoms with van der Waals surface area (Å²) in [5.74, 6) is -1.01. The van der Waals surface area contributed by atoms with Gasteiger partial charge in [0.2, 0.25) is 0 Å². The second-order valence-corrected chi connectivity index (χ2v) is 19.1. The van der Waals surface area contributed by atoms with E-state index < -0.39 is 6.10 Å². The smallest absolute Gasteiger partial charge is 0.306 e. The van der Waals surface area contributed by atoms with Crippen molar-refractivity contribution < 1.29 is 28.6 Å². The van der Waals surface area contributed by atoms with Gasteiger partial charge in [0.15, 0.2) is 6.10 Å². The molecule has 0 spiro atoms. The Labute approximate surface area is 443 Å². The molecule has 0 aliphatic heterocycles. The molecule has 0 rings (SSSR count). The van der Waals surface area contributed by atoms with E-state index in [-0.39, 0.29) is 37.5 Å². The molecule has 0 aromatic heterocycles. The topological polar surface area (TPSA) is 78.9 Å². The van der Waals surface area contributed by atoms with Crippen molar-refractivity contribution >= 4 is 17.9 Å². The van der Waals surface area contributed by atoms with Crippen LogP contribution in [0.25, 0.3) is 0 Å². The molecule has 0 heterocycles. The van der Waals surface area contributed by atoms with Crippen LogP contribution in [0.2, 0.25) is 0 Å². The first-order valence-corrected chi connectivity index (χ1v) is 29.5. The van der Waals surface area contributed by atoms with Gasteiger partial charge in [-0.1, -0.05) is 245 Å². The Bertz CT molecular complexity index is 1520. The van der Waals surface area contributed by atoms with E-state index in [1.807, 2.05) is 6.08 Å². The van der Waals surface area contributed by atoms with E-state index in [0.717, 1.165) is 103 Å². The van der Waals surface area contributed by atoms with E-state index in [1.165, 1.54) is 109 Å². The van der Waals surface area contributed by atoms with Gasteiger partial charge in [-0.25, -0.2) is 0 Å². The summed E-state index contributed by atoms with van der Waals surface area (Å²) >= 11 is 0. The highest BCUT2D eigenvalue weighted by atomic mass is 16.6. The molecule has 0 radical (unpaired) electrons. The number of esters is 3. The van der Waals surface area contributed by atoms with Crippen LogP contribution in [0.15, 0.2) is 122 Å². The van der Waals surface area contributed by atoms with Crippen LogP contribution in [0.3, 0.4) is 0 Å². The molecule has 0 aliphatic carbocycles. The van der Waals surface area contributed by atoms with Gasteiger partial charge >= 0.3 is 17.9 Å². The molecule has 1 atom stereocenters. The van der Waals surface area contributed by atoms with Crippen LogP contribution in [-0.4, -0.2) is 37.2 Å². The molecule has 6 nitrogen and oxygen atoms in total. The molecule has 408 valence electrons. The maximum absolute atomic E-state index is 12.9. The maximum atomic E-state index is 12.9. The fourth-order valence-electron chi connectivity index (χ4n) is 7.83. The van der Waals surface area contributed by atoms with Crippen LogP contribution < -0.4 is 0 Å². The van der Waals surface area contributed by atoms with E-state index in [2.05, 4.69) is 136 Å². The molecular formula is C66H108O6. The van der Waals surface area contributed by atoms with Crippen molar-refractivity contribution in [2.75, 3.05) is 13.2 Å². The summed E-state index contributed by atoms with van der Waals surface area (Å²) in [6.07, 6.45) is 82.0. The highest BCUT2D eigenvalue weighted by Crippen LogP contribution is 2.14. The molecule has 0 aromatic rings. The second-order valence-electron chi connectivity index (χ2n) is 19.1. The van der Waals surface area contributed by atoms with Crippen molar-refractivity contribution in [3.05, 3.63) is 122 Å². The number of ether oxygens (including phenoxy) is 3. The van der Waals surface area contributed by atoms with Crippen molar-refractivity contribution in [1.82, 2.24) is 0 Å². The highest BCUT2D eigenvalue weighted by Gasteiger charge is 2.19. The lowest BCUT2D eigenvalue weighted by molar-refractivity contribution is -0.166. The van der Waals surface area contributed by atoms with Gasteiger partial charge in [0.25, 0.3) is 0 Å². The monoisotopic (exact) mass is 997 g/mol. The minimum Gasteiger partial charge on any atom is -0.462 e. The van der Waals surface area contributed by atoms with Crippen molar-refractivity contribution in [2.24, 2.45) is 0 Å². The fourth-order valence-corrected chi connectivity index (χ4v) is 7.83. The van der Waals surface area contributed by atoms with Gasteiger partial charge in [0.1, 0.15) is 13.2 Å². The average molecular weight is 998 g/mol. The number of unbranched alkanes of at least 4 members (excludes halogenated alkanes) is 21. The first-order chi connectivity index (χ1) is 35.5. The largest absolute Gasteiger partial charge is 0.462 e. The molecule has 0 saturated heterocycles. The minimum absolute atomic E-state index is 0.111. The van der Waals surface area contributed by atoms with E-state index >= 15 is 0 Å². The molecule has 0 fully saturated rings. The van der Waals surface area contributed by atoms with Gasteiger partial charge in [0.05, 0.1) is 0 Å². The Morgan fingerprint density at radius 3 is 0.944 bits per heavy atom. The zero-order valence-electron chi connectivity index (χ0n) is 46.7. The van der Waals surface area contributed by atoms with E-state index in [0.29, 0.717) is 19.3 Å². The van der Waals surface area contributed by atoms with Crippen molar-refractivity contribution in [3.63, 3.8) is 0 Å². The van der Waals surface area contributed by atoms with Gasteiger partial charge in [-0.3, -0.25) is 14.4 Å². The Kier molecular flexibility index (Phi) is 55.9. The van der Waals surface area contributed by atoms with Crippen LogP contribution in [0.5, 0.6) is 0 Å². The van der Waals surface area contributed by atoms with Gasteiger partial charge in [0, 0.05) is 19.3 Å². The minimum atomic E-state index is -0.819. The molecule has 6 heteroatoms.